The van der Waals surface area contributed by atoms with Gasteiger partial charge in [0.05, 0.1) is 0 Å². The Kier molecular flexibility index (Phi) is 8.38. The summed E-state index contributed by atoms with van der Waals surface area (Å²) in [4.78, 5) is 11.6. The van der Waals surface area contributed by atoms with Crippen LogP contribution >= 0.6 is 15.9 Å². The smallest absolute Gasteiger partial charge is 0.257 e. The largest absolute Gasteiger partial charge is 0.483 e. The molecular weight excluding hydrogens is 332 g/mol. The average molecular weight is 357 g/mol. The number of hydrogen-bond donors (Lipinski definition) is 2. The minimum absolute atomic E-state index is 0.0507. The maximum Gasteiger partial charge on any atom is 0.257 e. The van der Waals surface area contributed by atoms with Gasteiger partial charge < -0.3 is 15.4 Å². The Balaban J connectivity index is 2.70. The highest BCUT2D eigenvalue weighted by molar-refractivity contribution is 9.10. The van der Waals surface area contributed by atoms with Crippen LogP contribution in [0, 0.1) is 0 Å². The Bertz CT molecular complexity index is 452. The molecule has 118 valence electrons. The van der Waals surface area contributed by atoms with Gasteiger partial charge in [0, 0.05) is 22.6 Å². The van der Waals surface area contributed by atoms with Crippen molar-refractivity contribution in [3.63, 3.8) is 0 Å². The number of ether oxygens (including phenoxy) is 1. The van der Waals surface area contributed by atoms with Crippen LogP contribution in [0.4, 0.5) is 0 Å². The lowest BCUT2D eigenvalue weighted by molar-refractivity contribution is -0.123. The van der Waals surface area contributed by atoms with Gasteiger partial charge in [-0.1, -0.05) is 29.8 Å². The van der Waals surface area contributed by atoms with Crippen molar-refractivity contribution in [2.24, 2.45) is 0 Å². The molecule has 4 nitrogen and oxygen atoms in total. The van der Waals surface area contributed by atoms with Crippen molar-refractivity contribution in [2.75, 3.05) is 19.7 Å². The van der Waals surface area contributed by atoms with Gasteiger partial charge in [-0.05, 0) is 44.5 Å². The van der Waals surface area contributed by atoms with Gasteiger partial charge in [0.15, 0.2) is 6.61 Å². The molecule has 1 aromatic carbocycles. The standard InChI is InChI=1S/C16H25BrN2O2/c1-4-8-18-12(3)14-10-13(17)6-7-15(14)21-11-16(20)19-9-5-2/h6-7,10,12,18H,4-5,8-9,11H2,1-3H3,(H,19,20). The van der Waals surface area contributed by atoms with Crippen molar-refractivity contribution in [3.8, 4) is 5.75 Å². The van der Waals surface area contributed by atoms with E-state index >= 15 is 0 Å². The third-order valence-corrected chi connectivity index (χ3v) is 3.56. The molecule has 0 aliphatic carbocycles. The van der Waals surface area contributed by atoms with Gasteiger partial charge in [-0.3, -0.25) is 4.79 Å². The van der Waals surface area contributed by atoms with E-state index in [0.29, 0.717) is 6.54 Å². The molecular formula is C16H25BrN2O2. The molecule has 0 spiro atoms. The Morgan fingerprint density at radius 1 is 1.29 bits per heavy atom. The Morgan fingerprint density at radius 2 is 2.00 bits per heavy atom. The number of amides is 1. The van der Waals surface area contributed by atoms with E-state index in [-0.39, 0.29) is 18.6 Å². The summed E-state index contributed by atoms with van der Waals surface area (Å²) in [7, 11) is 0. The zero-order valence-corrected chi connectivity index (χ0v) is 14.6. The van der Waals surface area contributed by atoms with Gasteiger partial charge in [0.25, 0.3) is 5.91 Å². The van der Waals surface area contributed by atoms with E-state index in [1.165, 1.54) is 0 Å². The first kappa shape index (κ1) is 18.0. The molecule has 2 N–H and O–H groups in total. The van der Waals surface area contributed by atoms with Crippen molar-refractivity contribution in [3.05, 3.63) is 28.2 Å². The number of carbonyl (C=O) groups excluding carboxylic acids is 1. The molecule has 0 radical (unpaired) electrons. The summed E-state index contributed by atoms with van der Waals surface area (Å²) in [6.07, 6.45) is 2.00. The summed E-state index contributed by atoms with van der Waals surface area (Å²) >= 11 is 3.48. The second kappa shape index (κ2) is 9.79. The molecule has 0 aliphatic heterocycles. The first-order valence-electron chi connectivity index (χ1n) is 7.50. The number of nitrogens with one attached hydrogen (secondary N) is 2. The minimum atomic E-state index is -0.0834. The Morgan fingerprint density at radius 3 is 2.67 bits per heavy atom. The molecule has 1 amide bonds. The minimum Gasteiger partial charge on any atom is -0.483 e. The van der Waals surface area contributed by atoms with Crippen LogP contribution in [0.3, 0.4) is 0 Å². The van der Waals surface area contributed by atoms with Crippen LogP contribution in [0.5, 0.6) is 5.75 Å². The Hall–Kier alpha value is -1.07. The van der Waals surface area contributed by atoms with Crippen LogP contribution < -0.4 is 15.4 Å². The molecule has 1 unspecified atom stereocenters. The van der Waals surface area contributed by atoms with Crippen LogP contribution in [0.15, 0.2) is 22.7 Å². The summed E-state index contributed by atoms with van der Waals surface area (Å²) in [5, 5.41) is 6.24. The molecule has 1 rings (SSSR count). The second-order valence-electron chi connectivity index (χ2n) is 5.00. The van der Waals surface area contributed by atoms with Crippen molar-refractivity contribution in [1.29, 1.82) is 0 Å². The van der Waals surface area contributed by atoms with E-state index < -0.39 is 0 Å². The van der Waals surface area contributed by atoms with Crippen LogP contribution in [0.25, 0.3) is 0 Å². The molecule has 1 atom stereocenters. The summed E-state index contributed by atoms with van der Waals surface area (Å²) in [5.74, 6) is 0.667. The monoisotopic (exact) mass is 356 g/mol. The zero-order chi connectivity index (χ0) is 15.7. The lowest BCUT2D eigenvalue weighted by Gasteiger charge is -2.18. The molecule has 0 saturated heterocycles. The number of hydrogen-bond acceptors (Lipinski definition) is 3. The first-order chi connectivity index (χ1) is 10.1. The first-order valence-corrected chi connectivity index (χ1v) is 8.30. The van der Waals surface area contributed by atoms with Gasteiger partial charge >= 0.3 is 0 Å². The molecule has 0 aromatic heterocycles. The van der Waals surface area contributed by atoms with Gasteiger partial charge in [-0.15, -0.1) is 0 Å². The summed E-state index contributed by atoms with van der Waals surface area (Å²) in [5.41, 5.74) is 1.06. The molecule has 0 heterocycles. The fourth-order valence-corrected chi connectivity index (χ4v) is 2.30. The van der Waals surface area contributed by atoms with Crippen LogP contribution in [0.2, 0.25) is 0 Å². The van der Waals surface area contributed by atoms with Gasteiger partial charge in [-0.2, -0.15) is 0 Å². The number of benzene rings is 1. The molecule has 0 aliphatic rings. The lowest BCUT2D eigenvalue weighted by Crippen LogP contribution is -2.29. The van der Waals surface area contributed by atoms with E-state index in [1.807, 2.05) is 25.1 Å². The maximum atomic E-state index is 11.6. The van der Waals surface area contributed by atoms with E-state index in [0.717, 1.165) is 35.2 Å². The predicted octanol–water partition coefficient (Wildman–Crippen LogP) is 3.41. The highest BCUT2D eigenvalue weighted by Gasteiger charge is 2.13. The highest BCUT2D eigenvalue weighted by atomic mass is 79.9. The summed E-state index contributed by atoms with van der Waals surface area (Å²) < 4.78 is 6.68. The highest BCUT2D eigenvalue weighted by Crippen LogP contribution is 2.28. The van der Waals surface area contributed by atoms with Gasteiger partial charge in [-0.25, -0.2) is 0 Å². The van der Waals surface area contributed by atoms with Crippen molar-refractivity contribution < 1.29 is 9.53 Å². The molecule has 0 saturated carbocycles. The van der Waals surface area contributed by atoms with Crippen molar-refractivity contribution in [1.82, 2.24) is 10.6 Å². The van der Waals surface area contributed by atoms with E-state index in [9.17, 15) is 4.79 Å². The molecule has 5 heteroatoms. The fourth-order valence-electron chi connectivity index (χ4n) is 1.92. The van der Waals surface area contributed by atoms with Crippen LogP contribution in [0.1, 0.15) is 45.2 Å². The summed E-state index contributed by atoms with van der Waals surface area (Å²) in [6.45, 7) is 7.94. The van der Waals surface area contributed by atoms with E-state index in [2.05, 4.69) is 40.4 Å². The fraction of sp³-hybridized carbons (Fsp3) is 0.562. The quantitative estimate of drug-likeness (QED) is 0.712. The topological polar surface area (TPSA) is 50.4 Å². The van der Waals surface area contributed by atoms with Crippen LogP contribution in [-0.4, -0.2) is 25.6 Å². The average Bonchev–Trinajstić information content (AvgIpc) is 2.49. The molecule has 1 aromatic rings. The lowest BCUT2D eigenvalue weighted by atomic mass is 10.1. The molecule has 0 bridgehead atoms. The van der Waals surface area contributed by atoms with E-state index in [4.69, 9.17) is 4.74 Å². The Labute approximate surface area is 135 Å². The molecule has 0 fully saturated rings. The third kappa shape index (κ3) is 6.48. The summed E-state index contributed by atoms with van der Waals surface area (Å²) in [6, 6.07) is 6.04. The van der Waals surface area contributed by atoms with Crippen LogP contribution in [-0.2, 0) is 4.79 Å². The second-order valence-corrected chi connectivity index (χ2v) is 5.91. The normalized spacial score (nSPS) is 12.0. The molecule has 21 heavy (non-hydrogen) atoms. The van der Waals surface area contributed by atoms with Gasteiger partial charge in [0.2, 0.25) is 0 Å². The SMILES string of the molecule is CCCNC(=O)COc1ccc(Br)cc1C(C)NCCC. The maximum absolute atomic E-state index is 11.6. The van der Waals surface area contributed by atoms with Crippen molar-refractivity contribution >= 4 is 21.8 Å². The predicted molar refractivity (Wildman–Crippen MR) is 89.6 cm³/mol. The number of carbonyl (C=O) groups is 1. The third-order valence-electron chi connectivity index (χ3n) is 3.07. The van der Waals surface area contributed by atoms with Gasteiger partial charge in [0.1, 0.15) is 5.75 Å². The van der Waals surface area contributed by atoms with Crippen molar-refractivity contribution in [2.45, 2.75) is 39.7 Å². The zero-order valence-electron chi connectivity index (χ0n) is 13.0. The van der Waals surface area contributed by atoms with E-state index in [1.54, 1.807) is 0 Å². The number of halogens is 1. The number of rotatable bonds is 9.